The molecule has 2 heterocycles. The van der Waals surface area contributed by atoms with Crippen LogP contribution in [-0.2, 0) is 30.7 Å². The van der Waals surface area contributed by atoms with Crippen LogP contribution < -0.4 is 0 Å². The lowest BCUT2D eigenvalue weighted by molar-refractivity contribution is -0.120. The van der Waals surface area contributed by atoms with Gasteiger partial charge in [0.15, 0.2) is 0 Å². The Labute approximate surface area is 163 Å². The van der Waals surface area contributed by atoms with Crippen molar-refractivity contribution in [3.05, 3.63) is 59.0 Å². The molecular weight excluding hydrogens is 336 g/mol. The van der Waals surface area contributed by atoms with E-state index in [1.807, 2.05) is 6.07 Å². The zero-order chi connectivity index (χ0) is 19.1. The number of aryl methyl sites for hydroxylation is 2. The van der Waals surface area contributed by atoms with Crippen molar-refractivity contribution in [3.63, 3.8) is 0 Å². The number of hydrogen-bond acceptors (Lipinski definition) is 4. The maximum absolute atomic E-state index is 12.4. The van der Waals surface area contributed by atoms with Gasteiger partial charge in [0.1, 0.15) is 17.3 Å². The predicted octanol–water partition coefficient (Wildman–Crippen LogP) is 4.07. The van der Waals surface area contributed by atoms with Crippen LogP contribution in [0.25, 0.3) is 0 Å². The largest absolute Gasteiger partial charge is 0.463 e. The molecule has 0 bridgehead atoms. The number of carbonyl (C=O) groups excluding carboxylic acids is 1. The molecule has 0 spiro atoms. The van der Waals surface area contributed by atoms with Crippen molar-refractivity contribution in [2.45, 2.75) is 51.6 Å². The van der Waals surface area contributed by atoms with Gasteiger partial charge in [0, 0.05) is 6.42 Å². The van der Waals surface area contributed by atoms with Gasteiger partial charge >= 0.3 is 0 Å². The lowest BCUT2D eigenvalue weighted by atomic mass is 10.1. The summed E-state index contributed by atoms with van der Waals surface area (Å²) < 4.78 is 6.06. The van der Waals surface area contributed by atoms with Crippen molar-refractivity contribution < 1.29 is 9.21 Å². The van der Waals surface area contributed by atoms with Crippen LogP contribution in [0.3, 0.4) is 0 Å². The van der Waals surface area contributed by atoms with Crippen LogP contribution >= 0.6 is 0 Å². The molecule has 0 aliphatic carbocycles. The number of hydrogen-bond donors (Lipinski definition) is 0. The third kappa shape index (κ3) is 6.33. The zero-order valence-electron chi connectivity index (χ0n) is 16.7. The molecule has 0 amide bonds. The molecule has 146 valence electrons. The number of furan rings is 1. The van der Waals surface area contributed by atoms with E-state index < -0.39 is 0 Å². The summed E-state index contributed by atoms with van der Waals surface area (Å²) in [6.07, 6.45) is 5.93. The van der Waals surface area contributed by atoms with Crippen LogP contribution in [-0.4, -0.2) is 42.8 Å². The van der Waals surface area contributed by atoms with E-state index in [4.69, 9.17) is 4.42 Å². The van der Waals surface area contributed by atoms with Crippen LogP contribution in [0.1, 0.15) is 48.3 Å². The molecule has 4 heteroatoms. The number of carbonyl (C=O) groups is 1. The van der Waals surface area contributed by atoms with Crippen molar-refractivity contribution >= 4 is 5.78 Å². The van der Waals surface area contributed by atoms with Crippen molar-refractivity contribution in [3.8, 4) is 0 Å². The van der Waals surface area contributed by atoms with E-state index in [1.165, 1.54) is 11.1 Å². The number of ketones is 1. The molecular formula is C23H32N2O2. The predicted molar refractivity (Wildman–Crippen MR) is 109 cm³/mol. The number of rotatable bonds is 9. The molecule has 0 atom stereocenters. The number of Topliss-reactive ketones (excluding diaryl/α,β-unsaturated/α-hetero) is 1. The summed E-state index contributed by atoms with van der Waals surface area (Å²) >= 11 is 0. The van der Waals surface area contributed by atoms with E-state index in [1.54, 1.807) is 0 Å². The maximum atomic E-state index is 12.4. The highest BCUT2D eigenvalue weighted by molar-refractivity contribution is 5.80. The molecule has 0 radical (unpaired) electrons. The van der Waals surface area contributed by atoms with E-state index >= 15 is 0 Å². The summed E-state index contributed by atoms with van der Waals surface area (Å²) in [5.74, 6) is 2.44. The van der Waals surface area contributed by atoms with Crippen molar-refractivity contribution in [1.82, 2.24) is 9.80 Å². The molecule has 27 heavy (non-hydrogen) atoms. The molecule has 0 saturated heterocycles. The molecule has 1 aromatic carbocycles. The molecule has 3 rings (SSSR count). The number of nitrogens with zero attached hydrogens (tertiary/aromatic N) is 2. The Morgan fingerprint density at radius 2 is 2.00 bits per heavy atom. The highest BCUT2D eigenvalue weighted by Crippen LogP contribution is 2.23. The second-order valence-corrected chi connectivity index (χ2v) is 7.94. The van der Waals surface area contributed by atoms with Crippen LogP contribution in [0.4, 0.5) is 0 Å². The summed E-state index contributed by atoms with van der Waals surface area (Å²) in [6.45, 7) is 3.11. The maximum Gasteiger partial charge on any atom is 0.146 e. The van der Waals surface area contributed by atoms with E-state index in [0.717, 1.165) is 63.3 Å². The first kappa shape index (κ1) is 19.8. The highest BCUT2D eigenvalue weighted by atomic mass is 16.3. The number of unbranched alkanes of at least 4 members (excludes halogenated alkanes) is 1. The molecule has 0 unspecified atom stereocenters. The average molecular weight is 369 g/mol. The fourth-order valence-electron chi connectivity index (χ4n) is 3.80. The fourth-order valence-corrected chi connectivity index (χ4v) is 3.80. The minimum atomic E-state index is 0.353. The summed E-state index contributed by atoms with van der Waals surface area (Å²) in [7, 11) is 4.10. The highest BCUT2D eigenvalue weighted by Gasteiger charge is 2.20. The standard InChI is InChI=1S/C23H32N2O2/c1-24(2)17-22-15-20-12-8-14-25(18-23(20)27-22)16-21(26)13-7-6-11-19-9-4-3-5-10-19/h3-5,9-10,15H,6-8,11-14,16-18H2,1-2H3. The summed E-state index contributed by atoms with van der Waals surface area (Å²) in [6, 6.07) is 12.7. The van der Waals surface area contributed by atoms with Crippen LogP contribution in [0.5, 0.6) is 0 Å². The average Bonchev–Trinajstić information content (AvgIpc) is 2.90. The Balaban J connectivity index is 1.43. The van der Waals surface area contributed by atoms with E-state index in [2.05, 4.69) is 54.2 Å². The quantitative estimate of drug-likeness (QED) is 0.625. The Morgan fingerprint density at radius 3 is 2.78 bits per heavy atom. The zero-order valence-corrected chi connectivity index (χ0v) is 16.7. The van der Waals surface area contributed by atoms with Crippen LogP contribution in [0, 0.1) is 0 Å². The van der Waals surface area contributed by atoms with Gasteiger partial charge in [-0.25, -0.2) is 0 Å². The first-order chi connectivity index (χ1) is 13.1. The van der Waals surface area contributed by atoms with Crippen molar-refractivity contribution in [1.29, 1.82) is 0 Å². The fraction of sp³-hybridized carbons (Fsp3) is 0.522. The van der Waals surface area contributed by atoms with E-state index in [0.29, 0.717) is 18.7 Å². The third-order valence-electron chi connectivity index (χ3n) is 5.12. The molecule has 0 fully saturated rings. The van der Waals surface area contributed by atoms with E-state index in [-0.39, 0.29) is 0 Å². The molecule has 1 aliphatic heterocycles. The van der Waals surface area contributed by atoms with Gasteiger partial charge in [-0.2, -0.15) is 0 Å². The Kier molecular flexibility index (Phi) is 7.25. The molecule has 1 aromatic heterocycles. The second kappa shape index (κ2) is 9.86. The summed E-state index contributed by atoms with van der Waals surface area (Å²) in [4.78, 5) is 16.8. The van der Waals surface area contributed by atoms with Gasteiger partial charge in [-0.3, -0.25) is 9.69 Å². The molecule has 4 nitrogen and oxygen atoms in total. The topological polar surface area (TPSA) is 36.7 Å². The van der Waals surface area contributed by atoms with Gasteiger partial charge in [-0.15, -0.1) is 0 Å². The van der Waals surface area contributed by atoms with Crippen LogP contribution in [0.2, 0.25) is 0 Å². The smallest absolute Gasteiger partial charge is 0.146 e. The SMILES string of the molecule is CN(C)Cc1cc2c(o1)CN(CC(=O)CCCCc1ccccc1)CCC2. The molecule has 0 N–H and O–H groups in total. The second-order valence-electron chi connectivity index (χ2n) is 7.94. The minimum Gasteiger partial charge on any atom is -0.463 e. The monoisotopic (exact) mass is 368 g/mol. The van der Waals surface area contributed by atoms with Gasteiger partial charge in [0.2, 0.25) is 0 Å². The third-order valence-corrected chi connectivity index (χ3v) is 5.12. The number of benzene rings is 1. The first-order valence-electron chi connectivity index (χ1n) is 10.1. The molecule has 2 aromatic rings. The van der Waals surface area contributed by atoms with Gasteiger partial charge in [0.25, 0.3) is 0 Å². The van der Waals surface area contributed by atoms with Gasteiger partial charge in [-0.1, -0.05) is 30.3 Å². The molecule has 0 saturated carbocycles. The number of fused-ring (bicyclic) bond motifs is 1. The van der Waals surface area contributed by atoms with Gasteiger partial charge in [0.05, 0.1) is 19.6 Å². The van der Waals surface area contributed by atoms with Gasteiger partial charge < -0.3 is 9.32 Å². The molecule has 1 aliphatic rings. The lowest BCUT2D eigenvalue weighted by Gasteiger charge is -2.18. The normalized spacial score (nSPS) is 14.9. The summed E-state index contributed by atoms with van der Waals surface area (Å²) in [5, 5.41) is 0. The Hall–Kier alpha value is -1.91. The first-order valence-corrected chi connectivity index (χ1v) is 10.1. The summed E-state index contributed by atoms with van der Waals surface area (Å²) in [5.41, 5.74) is 2.68. The Morgan fingerprint density at radius 1 is 1.19 bits per heavy atom. The van der Waals surface area contributed by atoms with Crippen molar-refractivity contribution in [2.75, 3.05) is 27.2 Å². The minimum absolute atomic E-state index is 0.353. The Bertz CT molecular complexity index is 721. The van der Waals surface area contributed by atoms with Gasteiger partial charge in [-0.05, 0) is 69.9 Å². The van der Waals surface area contributed by atoms with Crippen LogP contribution in [0.15, 0.2) is 40.8 Å². The van der Waals surface area contributed by atoms with E-state index in [9.17, 15) is 4.79 Å². The van der Waals surface area contributed by atoms with Crippen molar-refractivity contribution in [2.24, 2.45) is 0 Å². The lowest BCUT2D eigenvalue weighted by Crippen LogP contribution is -2.29.